The molecule has 0 aromatic rings. The first kappa shape index (κ1) is 17.4. The van der Waals surface area contributed by atoms with Gasteiger partial charge in [0.2, 0.25) is 0 Å². The molecule has 3 fully saturated rings. The van der Waals surface area contributed by atoms with E-state index in [4.69, 9.17) is 0 Å². The summed E-state index contributed by atoms with van der Waals surface area (Å²) < 4.78 is 0. The van der Waals surface area contributed by atoms with Crippen molar-refractivity contribution in [2.24, 2.45) is 28.6 Å². The lowest BCUT2D eigenvalue weighted by molar-refractivity contribution is -0.164. The minimum absolute atomic E-state index is 0.111. The fourth-order valence-corrected chi connectivity index (χ4v) is 7.16. The molecule has 25 heavy (non-hydrogen) atoms. The molecule has 0 amide bonds. The molecule has 4 nitrogen and oxygen atoms in total. The molecule has 6 atom stereocenters. The topological polar surface area (TPSA) is 74.6 Å². The largest absolute Gasteiger partial charge is 0.388 e. The SMILES string of the molecule is C[C@]12CCC(=O)C=C1CC[C@@H]1C2CC[C@@]2(C)C1CC[C@]2(O)C(=O)CO. The predicted octanol–water partition coefficient (Wildman–Crippen LogP) is 2.81. The van der Waals surface area contributed by atoms with Crippen molar-refractivity contribution in [3.8, 4) is 0 Å². The molecular weight excluding hydrogens is 316 g/mol. The van der Waals surface area contributed by atoms with Gasteiger partial charge in [-0.25, -0.2) is 0 Å². The Bertz CT molecular complexity index is 652. The Labute approximate surface area is 149 Å². The second-order valence-corrected chi connectivity index (χ2v) is 9.41. The van der Waals surface area contributed by atoms with Gasteiger partial charge in [0.05, 0.1) is 0 Å². The number of hydrogen-bond acceptors (Lipinski definition) is 4. The van der Waals surface area contributed by atoms with Crippen LogP contribution < -0.4 is 0 Å². The summed E-state index contributed by atoms with van der Waals surface area (Å²) in [7, 11) is 0. The van der Waals surface area contributed by atoms with E-state index in [1.165, 1.54) is 5.57 Å². The maximum absolute atomic E-state index is 12.3. The lowest BCUT2D eigenvalue weighted by atomic mass is 9.46. The third-order valence-electron chi connectivity index (χ3n) is 8.72. The van der Waals surface area contributed by atoms with E-state index in [0.29, 0.717) is 30.6 Å². The summed E-state index contributed by atoms with van der Waals surface area (Å²) in [5.74, 6) is 1.26. The molecular formula is C21H30O4. The smallest absolute Gasteiger partial charge is 0.190 e. The standard InChI is InChI=1S/C21H30O4/c1-19-8-5-14(23)11-13(19)3-4-15-16(19)6-9-20(2)17(15)7-10-21(20,25)18(24)12-22/h11,15-17,22,25H,3-10,12H2,1-2H3/t15-,16?,17?,19+,20+,21+/m1/s1. The van der Waals surface area contributed by atoms with Crippen molar-refractivity contribution < 1.29 is 19.8 Å². The van der Waals surface area contributed by atoms with Gasteiger partial charge in [0, 0.05) is 11.8 Å². The lowest BCUT2D eigenvalue weighted by Gasteiger charge is -2.58. The number of Topliss-reactive ketones (excluding diaryl/α,β-unsaturated/α-hetero) is 1. The molecule has 0 aliphatic heterocycles. The van der Waals surface area contributed by atoms with Crippen LogP contribution >= 0.6 is 0 Å². The first-order valence-corrected chi connectivity index (χ1v) is 9.87. The molecule has 4 heteroatoms. The van der Waals surface area contributed by atoms with E-state index in [1.807, 2.05) is 6.08 Å². The Morgan fingerprint density at radius 2 is 1.84 bits per heavy atom. The highest BCUT2D eigenvalue weighted by Gasteiger charge is 2.65. The molecule has 2 unspecified atom stereocenters. The Balaban J connectivity index is 1.68. The van der Waals surface area contributed by atoms with Crippen LogP contribution in [0, 0.1) is 28.6 Å². The van der Waals surface area contributed by atoms with Crippen LogP contribution in [-0.4, -0.2) is 34.0 Å². The molecule has 0 aromatic heterocycles. The number of fused-ring (bicyclic) bond motifs is 5. The van der Waals surface area contributed by atoms with Crippen molar-refractivity contribution in [2.45, 2.75) is 70.8 Å². The maximum Gasteiger partial charge on any atom is 0.190 e. The van der Waals surface area contributed by atoms with Gasteiger partial charge in [-0.15, -0.1) is 0 Å². The molecule has 0 bridgehead atoms. The average Bonchev–Trinajstić information content (AvgIpc) is 2.87. The van der Waals surface area contributed by atoms with E-state index in [0.717, 1.165) is 38.5 Å². The number of rotatable bonds is 2. The first-order valence-electron chi connectivity index (χ1n) is 9.87. The molecule has 0 saturated heterocycles. The van der Waals surface area contributed by atoms with Gasteiger partial charge in [-0.05, 0) is 74.2 Å². The molecule has 2 N–H and O–H groups in total. The number of hydrogen-bond donors (Lipinski definition) is 2. The van der Waals surface area contributed by atoms with Crippen molar-refractivity contribution in [1.29, 1.82) is 0 Å². The summed E-state index contributed by atoms with van der Waals surface area (Å²) in [6, 6.07) is 0. The number of aliphatic hydroxyl groups is 2. The molecule has 138 valence electrons. The highest BCUT2D eigenvalue weighted by Crippen LogP contribution is 2.67. The van der Waals surface area contributed by atoms with E-state index in [9.17, 15) is 19.8 Å². The van der Waals surface area contributed by atoms with E-state index >= 15 is 0 Å². The molecule has 4 aliphatic rings. The second-order valence-electron chi connectivity index (χ2n) is 9.41. The first-order chi connectivity index (χ1) is 11.8. The zero-order valence-electron chi connectivity index (χ0n) is 15.4. The summed E-state index contributed by atoms with van der Waals surface area (Å²) in [5, 5.41) is 20.5. The summed E-state index contributed by atoms with van der Waals surface area (Å²) in [6.07, 6.45) is 8.72. The Morgan fingerprint density at radius 1 is 1.12 bits per heavy atom. The van der Waals surface area contributed by atoms with E-state index in [2.05, 4.69) is 13.8 Å². The van der Waals surface area contributed by atoms with Gasteiger partial charge in [-0.3, -0.25) is 9.59 Å². The van der Waals surface area contributed by atoms with Gasteiger partial charge in [-0.1, -0.05) is 19.4 Å². The van der Waals surface area contributed by atoms with Gasteiger partial charge >= 0.3 is 0 Å². The van der Waals surface area contributed by atoms with Crippen molar-refractivity contribution in [1.82, 2.24) is 0 Å². The van der Waals surface area contributed by atoms with Crippen LogP contribution in [0.2, 0.25) is 0 Å². The highest BCUT2D eigenvalue weighted by molar-refractivity contribution is 5.91. The van der Waals surface area contributed by atoms with Crippen LogP contribution in [0.3, 0.4) is 0 Å². The van der Waals surface area contributed by atoms with Crippen LogP contribution in [0.4, 0.5) is 0 Å². The second kappa shape index (κ2) is 5.50. The Hall–Kier alpha value is -1.00. The van der Waals surface area contributed by atoms with Gasteiger partial charge in [0.1, 0.15) is 12.2 Å². The third-order valence-corrected chi connectivity index (χ3v) is 8.72. The molecule has 0 heterocycles. The molecule has 0 aromatic carbocycles. The summed E-state index contributed by atoms with van der Waals surface area (Å²) in [5.41, 5.74) is -0.333. The van der Waals surface area contributed by atoms with Crippen LogP contribution in [-0.2, 0) is 9.59 Å². The van der Waals surface area contributed by atoms with Gasteiger partial charge in [0.15, 0.2) is 11.6 Å². The highest BCUT2D eigenvalue weighted by atomic mass is 16.3. The van der Waals surface area contributed by atoms with E-state index in [1.54, 1.807) is 0 Å². The minimum Gasteiger partial charge on any atom is -0.388 e. The fraction of sp³-hybridized carbons (Fsp3) is 0.810. The van der Waals surface area contributed by atoms with Crippen molar-refractivity contribution >= 4 is 11.6 Å². The van der Waals surface area contributed by atoms with E-state index in [-0.39, 0.29) is 11.2 Å². The van der Waals surface area contributed by atoms with Gasteiger partial charge in [0.25, 0.3) is 0 Å². The van der Waals surface area contributed by atoms with Crippen molar-refractivity contribution in [3.05, 3.63) is 11.6 Å². The number of aliphatic hydroxyl groups excluding tert-OH is 1. The van der Waals surface area contributed by atoms with Crippen LogP contribution in [0.15, 0.2) is 11.6 Å². The number of allylic oxidation sites excluding steroid dienone is 1. The molecule has 4 aliphatic carbocycles. The van der Waals surface area contributed by atoms with Crippen LogP contribution in [0.25, 0.3) is 0 Å². The molecule has 4 rings (SSSR count). The Kier molecular flexibility index (Phi) is 3.83. The van der Waals surface area contributed by atoms with Gasteiger partial charge in [-0.2, -0.15) is 0 Å². The van der Waals surface area contributed by atoms with Crippen molar-refractivity contribution in [2.75, 3.05) is 6.61 Å². The number of carbonyl (C=O) groups excluding carboxylic acids is 2. The molecule has 3 saturated carbocycles. The average molecular weight is 346 g/mol. The van der Waals surface area contributed by atoms with Crippen molar-refractivity contribution in [3.63, 3.8) is 0 Å². The van der Waals surface area contributed by atoms with Gasteiger partial charge < -0.3 is 10.2 Å². The normalized spacial score (nSPS) is 49.0. The number of carbonyl (C=O) groups is 2. The quantitative estimate of drug-likeness (QED) is 0.806. The predicted molar refractivity (Wildman–Crippen MR) is 93.8 cm³/mol. The van der Waals surface area contributed by atoms with E-state index < -0.39 is 23.4 Å². The monoisotopic (exact) mass is 346 g/mol. The summed E-state index contributed by atoms with van der Waals surface area (Å²) in [6.45, 7) is 3.84. The fourth-order valence-electron chi connectivity index (χ4n) is 7.16. The third kappa shape index (κ3) is 2.13. The molecule has 0 radical (unpaired) electrons. The molecule has 0 spiro atoms. The maximum atomic E-state index is 12.3. The zero-order chi connectivity index (χ0) is 18.0. The number of ketones is 2. The summed E-state index contributed by atoms with van der Waals surface area (Å²) in [4.78, 5) is 24.2. The zero-order valence-corrected chi connectivity index (χ0v) is 15.4. The minimum atomic E-state index is -1.36. The Morgan fingerprint density at radius 3 is 2.56 bits per heavy atom. The summed E-state index contributed by atoms with van der Waals surface area (Å²) >= 11 is 0. The van der Waals surface area contributed by atoms with Crippen LogP contribution in [0.1, 0.15) is 65.2 Å². The van der Waals surface area contributed by atoms with Crippen LogP contribution in [0.5, 0.6) is 0 Å². The lowest BCUT2D eigenvalue weighted by Crippen LogP contribution is -2.58.